The van der Waals surface area contributed by atoms with Gasteiger partial charge in [-0.25, -0.2) is 4.68 Å². The minimum absolute atomic E-state index is 0.0255. The van der Waals surface area contributed by atoms with E-state index in [2.05, 4.69) is 23.7 Å². The molecule has 0 saturated carbocycles. The third-order valence-corrected chi connectivity index (χ3v) is 3.26. The van der Waals surface area contributed by atoms with E-state index in [4.69, 9.17) is 4.74 Å². The summed E-state index contributed by atoms with van der Waals surface area (Å²) in [5, 5.41) is 6.45. The molecule has 6 heteroatoms. The number of amides is 1. The van der Waals surface area contributed by atoms with Gasteiger partial charge in [-0.15, -0.1) is 6.58 Å². The molecule has 1 amide bonds. The van der Waals surface area contributed by atoms with Crippen LogP contribution in [-0.2, 0) is 6.61 Å². The Balaban J connectivity index is 2.30. The quantitative estimate of drug-likeness (QED) is 0.459. The lowest BCUT2D eigenvalue weighted by Gasteiger charge is -2.14. The number of rotatable bonds is 8. The van der Waals surface area contributed by atoms with Crippen molar-refractivity contribution in [2.75, 3.05) is 6.54 Å². The highest BCUT2D eigenvalue weighted by Crippen LogP contribution is 2.15. The molecule has 6 nitrogen and oxygen atoms in total. The van der Waals surface area contributed by atoms with E-state index in [1.54, 1.807) is 6.08 Å². The molecule has 0 aliphatic rings. The van der Waals surface area contributed by atoms with Crippen LogP contribution in [0.4, 0.5) is 0 Å². The minimum atomic E-state index is -0.454. The number of hydrogen-bond donors (Lipinski definition) is 1. The van der Waals surface area contributed by atoms with E-state index in [1.807, 2.05) is 30.3 Å². The number of pyridine rings is 1. The molecule has 1 N–H and O–H groups in total. The highest BCUT2D eigenvalue weighted by atomic mass is 16.5. The summed E-state index contributed by atoms with van der Waals surface area (Å²) in [6, 6.07) is 10.7. The van der Waals surface area contributed by atoms with Crippen molar-refractivity contribution in [2.24, 2.45) is 5.10 Å². The summed E-state index contributed by atoms with van der Waals surface area (Å²) >= 11 is 0. The Bertz CT molecular complexity index is 782. The van der Waals surface area contributed by atoms with E-state index in [9.17, 15) is 9.59 Å². The van der Waals surface area contributed by atoms with Crippen LogP contribution in [0.25, 0.3) is 0 Å². The average molecular weight is 325 g/mol. The lowest BCUT2D eigenvalue weighted by molar-refractivity contribution is 0.0939. The number of carbonyl (C=O) groups is 1. The Kier molecular flexibility index (Phi) is 6.08. The van der Waals surface area contributed by atoms with E-state index in [-0.39, 0.29) is 23.5 Å². The average Bonchev–Trinajstić information content (AvgIpc) is 2.61. The predicted octanol–water partition coefficient (Wildman–Crippen LogP) is 2.20. The van der Waals surface area contributed by atoms with Crippen molar-refractivity contribution in [3.8, 4) is 5.75 Å². The SMILES string of the molecule is C=CCCNC(=O)c1c(OCc2ccccc2)c(=O)ccn1N=C. The van der Waals surface area contributed by atoms with Crippen molar-refractivity contribution in [1.82, 2.24) is 9.99 Å². The summed E-state index contributed by atoms with van der Waals surface area (Å²) < 4.78 is 6.85. The van der Waals surface area contributed by atoms with Crippen molar-refractivity contribution in [3.63, 3.8) is 0 Å². The minimum Gasteiger partial charge on any atom is -0.482 e. The van der Waals surface area contributed by atoms with Gasteiger partial charge in [-0.3, -0.25) is 9.59 Å². The van der Waals surface area contributed by atoms with Crippen LogP contribution >= 0.6 is 0 Å². The van der Waals surface area contributed by atoms with E-state index in [0.29, 0.717) is 13.0 Å². The van der Waals surface area contributed by atoms with Crippen molar-refractivity contribution in [2.45, 2.75) is 13.0 Å². The van der Waals surface area contributed by atoms with Crippen LogP contribution in [0, 0.1) is 0 Å². The van der Waals surface area contributed by atoms with Gasteiger partial charge < -0.3 is 10.1 Å². The summed E-state index contributed by atoms with van der Waals surface area (Å²) in [6.45, 7) is 7.59. The molecular formula is C18H19N3O3. The maximum atomic E-state index is 12.4. The molecule has 0 saturated heterocycles. The van der Waals surface area contributed by atoms with E-state index >= 15 is 0 Å². The number of aromatic nitrogens is 1. The lowest BCUT2D eigenvalue weighted by atomic mass is 10.2. The van der Waals surface area contributed by atoms with Crippen LogP contribution in [0.3, 0.4) is 0 Å². The fraction of sp³-hybridized carbons (Fsp3) is 0.167. The molecule has 1 aromatic carbocycles. The molecule has 0 atom stereocenters. The van der Waals surface area contributed by atoms with Crippen LogP contribution in [0.5, 0.6) is 5.75 Å². The first-order valence-electron chi connectivity index (χ1n) is 7.46. The molecule has 0 aliphatic carbocycles. The Labute approximate surface area is 140 Å². The molecular weight excluding hydrogens is 306 g/mol. The molecule has 2 rings (SSSR count). The maximum absolute atomic E-state index is 12.4. The lowest BCUT2D eigenvalue weighted by Crippen LogP contribution is -2.29. The molecule has 1 heterocycles. The fourth-order valence-electron chi connectivity index (χ4n) is 2.07. The number of hydrogen-bond acceptors (Lipinski definition) is 4. The van der Waals surface area contributed by atoms with E-state index in [0.717, 1.165) is 5.56 Å². The molecule has 1 aromatic heterocycles. The van der Waals surface area contributed by atoms with Crippen molar-refractivity contribution in [3.05, 3.63) is 76.7 Å². The Morgan fingerprint density at radius 3 is 2.71 bits per heavy atom. The largest absolute Gasteiger partial charge is 0.482 e. The van der Waals surface area contributed by atoms with Gasteiger partial charge in [-0.2, -0.15) is 5.10 Å². The molecule has 0 aliphatic heterocycles. The highest BCUT2D eigenvalue weighted by molar-refractivity contribution is 5.95. The summed E-state index contributed by atoms with van der Waals surface area (Å²) in [7, 11) is 0. The third kappa shape index (κ3) is 4.19. The van der Waals surface area contributed by atoms with Crippen molar-refractivity contribution >= 4 is 12.6 Å². The van der Waals surface area contributed by atoms with Gasteiger partial charge in [-0.05, 0) is 12.0 Å². The van der Waals surface area contributed by atoms with Gasteiger partial charge in [-0.1, -0.05) is 36.4 Å². The first kappa shape index (κ1) is 17.2. The van der Waals surface area contributed by atoms with Crippen LogP contribution in [0.15, 0.2) is 65.1 Å². The predicted molar refractivity (Wildman–Crippen MR) is 93.6 cm³/mol. The second-order valence-electron chi connectivity index (χ2n) is 4.95. The molecule has 0 radical (unpaired) electrons. The highest BCUT2D eigenvalue weighted by Gasteiger charge is 2.20. The number of benzene rings is 1. The molecule has 0 spiro atoms. The number of ether oxygens (including phenoxy) is 1. The van der Waals surface area contributed by atoms with Gasteiger partial charge in [0.2, 0.25) is 5.43 Å². The van der Waals surface area contributed by atoms with Gasteiger partial charge in [0, 0.05) is 25.5 Å². The Morgan fingerprint density at radius 2 is 2.04 bits per heavy atom. The smallest absolute Gasteiger partial charge is 0.273 e. The number of nitrogens with zero attached hydrogens (tertiary/aromatic N) is 2. The number of nitrogens with one attached hydrogen (secondary N) is 1. The second-order valence-corrected chi connectivity index (χ2v) is 4.95. The standard InChI is InChI=1S/C18H19N3O3/c1-3-4-11-20-18(23)16-17(15(22)10-12-21(16)19-2)24-13-14-8-6-5-7-9-14/h3,5-10,12H,1-2,4,11,13H2,(H,20,23). The summed E-state index contributed by atoms with van der Waals surface area (Å²) in [5.74, 6) is -0.505. The van der Waals surface area contributed by atoms with E-state index < -0.39 is 5.91 Å². The first-order valence-corrected chi connectivity index (χ1v) is 7.46. The zero-order valence-electron chi connectivity index (χ0n) is 13.3. The monoisotopic (exact) mass is 325 g/mol. The topological polar surface area (TPSA) is 72.7 Å². The fourth-order valence-corrected chi connectivity index (χ4v) is 2.07. The summed E-state index contributed by atoms with van der Waals surface area (Å²) in [5.41, 5.74) is 0.522. The van der Waals surface area contributed by atoms with Crippen LogP contribution in [0.2, 0.25) is 0 Å². The van der Waals surface area contributed by atoms with Crippen molar-refractivity contribution in [1.29, 1.82) is 0 Å². The Morgan fingerprint density at radius 1 is 1.29 bits per heavy atom. The number of carbonyl (C=O) groups excluding carboxylic acids is 1. The van der Waals surface area contributed by atoms with Gasteiger partial charge in [0.25, 0.3) is 5.91 Å². The van der Waals surface area contributed by atoms with Gasteiger partial charge in [0.1, 0.15) is 6.61 Å². The van der Waals surface area contributed by atoms with Gasteiger partial charge in [0.15, 0.2) is 11.4 Å². The Hall–Kier alpha value is -3.15. The van der Waals surface area contributed by atoms with E-state index in [1.165, 1.54) is 16.9 Å². The summed E-state index contributed by atoms with van der Waals surface area (Å²) in [4.78, 5) is 24.6. The van der Waals surface area contributed by atoms with Crippen LogP contribution in [0.1, 0.15) is 22.5 Å². The third-order valence-electron chi connectivity index (χ3n) is 3.26. The van der Waals surface area contributed by atoms with Gasteiger partial charge in [0.05, 0.1) is 0 Å². The van der Waals surface area contributed by atoms with Crippen LogP contribution < -0.4 is 15.5 Å². The molecule has 0 bridgehead atoms. The van der Waals surface area contributed by atoms with Gasteiger partial charge >= 0.3 is 0 Å². The zero-order chi connectivity index (χ0) is 17.4. The normalized spacial score (nSPS) is 10.0. The first-order chi connectivity index (χ1) is 11.7. The van der Waals surface area contributed by atoms with Crippen LogP contribution in [-0.4, -0.2) is 23.8 Å². The zero-order valence-corrected chi connectivity index (χ0v) is 13.3. The molecule has 0 unspecified atom stereocenters. The molecule has 124 valence electrons. The maximum Gasteiger partial charge on any atom is 0.273 e. The molecule has 24 heavy (non-hydrogen) atoms. The summed E-state index contributed by atoms with van der Waals surface area (Å²) in [6.07, 6.45) is 3.69. The molecule has 0 fully saturated rings. The second kappa shape index (κ2) is 8.47. The molecule has 2 aromatic rings. The van der Waals surface area contributed by atoms with Crippen molar-refractivity contribution < 1.29 is 9.53 Å².